The zero-order chi connectivity index (χ0) is 10.3. The van der Waals surface area contributed by atoms with E-state index in [4.69, 9.17) is 4.74 Å². The molecule has 1 saturated heterocycles. The van der Waals surface area contributed by atoms with Gasteiger partial charge in [0.05, 0.1) is 12.7 Å². The van der Waals surface area contributed by atoms with Crippen LogP contribution in [0.2, 0.25) is 0 Å². The quantitative estimate of drug-likeness (QED) is 0.565. The van der Waals surface area contributed by atoms with Crippen LogP contribution in [0.3, 0.4) is 0 Å². The van der Waals surface area contributed by atoms with Gasteiger partial charge in [-0.05, 0) is 30.8 Å². The third-order valence-electron chi connectivity index (χ3n) is 3.99. The molecule has 0 spiro atoms. The van der Waals surface area contributed by atoms with Crippen molar-refractivity contribution in [1.82, 2.24) is 0 Å². The monoisotopic (exact) mass is 204 g/mol. The van der Waals surface area contributed by atoms with Crippen LogP contribution in [0.1, 0.15) is 19.3 Å². The van der Waals surface area contributed by atoms with Gasteiger partial charge in [-0.2, -0.15) is 0 Å². The minimum Gasteiger partial charge on any atom is -0.377 e. The molecule has 1 heterocycles. The Morgan fingerprint density at radius 3 is 3.00 bits per heavy atom. The van der Waals surface area contributed by atoms with E-state index in [0.717, 1.165) is 25.9 Å². The Morgan fingerprint density at radius 1 is 1.20 bits per heavy atom. The standard InChI is InChI=1S/C13H16O2/c14-10-6-5-9-8-15-13-4-2-1-3-11(13)12(9)7-10/h1-2,5-6,9,11-13H,3-4,7-8H2/t9?,11-,12?,13-/m0/s1. The Bertz CT molecular complexity index is 329. The number of hydrogen-bond donors (Lipinski definition) is 0. The summed E-state index contributed by atoms with van der Waals surface area (Å²) < 4.78 is 5.87. The van der Waals surface area contributed by atoms with Gasteiger partial charge in [0.2, 0.25) is 0 Å². The second-order valence-electron chi connectivity index (χ2n) is 4.84. The summed E-state index contributed by atoms with van der Waals surface area (Å²) in [5.74, 6) is 1.88. The third kappa shape index (κ3) is 1.57. The molecule has 0 aromatic carbocycles. The maximum atomic E-state index is 11.4. The molecule has 80 valence electrons. The molecule has 1 fully saturated rings. The van der Waals surface area contributed by atoms with E-state index < -0.39 is 0 Å². The zero-order valence-corrected chi connectivity index (χ0v) is 8.76. The highest BCUT2D eigenvalue weighted by atomic mass is 16.5. The van der Waals surface area contributed by atoms with Crippen molar-refractivity contribution in [2.75, 3.05) is 6.61 Å². The molecular formula is C13H16O2. The summed E-state index contributed by atoms with van der Waals surface area (Å²) >= 11 is 0. The topological polar surface area (TPSA) is 26.3 Å². The van der Waals surface area contributed by atoms with Crippen LogP contribution in [0.5, 0.6) is 0 Å². The highest BCUT2D eigenvalue weighted by molar-refractivity contribution is 5.90. The SMILES string of the molecule is O=C1C=CC2CO[C@H]3CC=CC[C@H]3C2C1. The van der Waals surface area contributed by atoms with E-state index >= 15 is 0 Å². The van der Waals surface area contributed by atoms with Crippen LogP contribution in [-0.4, -0.2) is 18.5 Å². The number of ether oxygens (including phenoxy) is 1. The predicted molar refractivity (Wildman–Crippen MR) is 57.3 cm³/mol. The van der Waals surface area contributed by atoms with Crippen LogP contribution in [0.4, 0.5) is 0 Å². The lowest BCUT2D eigenvalue weighted by molar-refractivity contribution is -0.123. The van der Waals surface area contributed by atoms with Gasteiger partial charge in [-0.1, -0.05) is 18.2 Å². The average Bonchev–Trinajstić information content (AvgIpc) is 2.29. The largest absolute Gasteiger partial charge is 0.377 e. The Labute approximate surface area is 90.0 Å². The second-order valence-corrected chi connectivity index (χ2v) is 4.84. The van der Waals surface area contributed by atoms with E-state index in [0.29, 0.717) is 29.6 Å². The van der Waals surface area contributed by atoms with E-state index in [1.165, 1.54) is 0 Å². The highest BCUT2D eigenvalue weighted by Crippen LogP contribution is 2.41. The number of ketones is 1. The van der Waals surface area contributed by atoms with Crippen LogP contribution in [-0.2, 0) is 9.53 Å². The lowest BCUT2D eigenvalue weighted by atomic mass is 9.68. The minimum absolute atomic E-state index is 0.298. The van der Waals surface area contributed by atoms with Crippen LogP contribution < -0.4 is 0 Å². The molecule has 0 radical (unpaired) electrons. The molecule has 2 aliphatic carbocycles. The fourth-order valence-corrected chi connectivity index (χ4v) is 3.16. The summed E-state index contributed by atoms with van der Waals surface area (Å²) in [4.78, 5) is 11.4. The van der Waals surface area contributed by atoms with Crippen molar-refractivity contribution in [2.24, 2.45) is 17.8 Å². The van der Waals surface area contributed by atoms with Crippen molar-refractivity contribution in [3.05, 3.63) is 24.3 Å². The van der Waals surface area contributed by atoms with Gasteiger partial charge >= 0.3 is 0 Å². The number of hydrogen-bond acceptors (Lipinski definition) is 2. The molecule has 4 atom stereocenters. The summed E-state index contributed by atoms with van der Waals surface area (Å²) in [5, 5.41) is 0. The van der Waals surface area contributed by atoms with E-state index in [1.54, 1.807) is 6.08 Å². The Morgan fingerprint density at radius 2 is 2.07 bits per heavy atom. The van der Waals surface area contributed by atoms with Crippen molar-refractivity contribution < 1.29 is 9.53 Å². The summed E-state index contributed by atoms with van der Waals surface area (Å²) in [5.41, 5.74) is 0. The number of allylic oxidation sites excluding steroid dienone is 2. The fraction of sp³-hybridized carbons (Fsp3) is 0.615. The van der Waals surface area contributed by atoms with Gasteiger partial charge in [-0.25, -0.2) is 0 Å². The second kappa shape index (κ2) is 3.60. The van der Waals surface area contributed by atoms with Gasteiger partial charge < -0.3 is 4.74 Å². The van der Waals surface area contributed by atoms with E-state index in [1.807, 2.05) is 0 Å². The van der Waals surface area contributed by atoms with Gasteiger partial charge in [-0.15, -0.1) is 0 Å². The molecule has 0 aromatic heterocycles. The van der Waals surface area contributed by atoms with Crippen molar-refractivity contribution in [3.8, 4) is 0 Å². The minimum atomic E-state index is 0.298. The van der Waals surface area contributed by atoms with Crippen molar-refractivity contribution >= 4 is 5.78 Å². The molecule has 1 aliphatic heterocycles. The summed E-state index contributed by atoms with van der Waals surface area (Å²) in [7, 11) is 0. The van der Waals surface area contributed by atoms with Gasteiger partial charge in [0.25, 0.3) is 0 Å². The van der Waals surface area contributed by atoms with Crippen molar-refractivity contribution in [1.29, 1.82) is 0 Å². The molecule has 0 N–H and O–H groups in total. The Balaban J connectivity index is 1.86. The lowest BCUT2D eigenvalue weighted by Crippen LogP contribution is -2.44. The molecule has 3 rings (SSSR count). The van der Waals surface area contributed by atoms with Gasteiger partial charge in [0.1, 0.15) is 0 Å². The molecule has 0 amide bonds. The number of carbonyl (C=O) groups is 1. The third-order valence-corrected chi connectivity index (χ3v) is 3.99. The Hall–Kier alpha value is -0.890. The fourth-order valence-electron chi connectivity index (χ4n) is 3.16. The first-order chi connectivity index (χ1) is 7.34. The van der Waals surface area contributed by atoms with Crippen LogP contribution in [0.15, 0.2) is 24.3 Å². The van der Waals surface area contributed by atoms with Crippen LogP contribution in [0, 0.1) is 17.8 Å². The maximum Gasteiger partial charge on any atom is 0.155 e. The smallest absolute Gasteiger partial charge is 0.155 e. The lowest BCUT2D eigenvalue weighted by Gasteiger charge is -2.44. The first-order valence-corrected chi connectivity index (χ1v) is 5.82. The maximum absolute atomic E-state index is 11.4. The molecule has 0 saturated carbocycles. The van der Waals surface area contributed by atoms with Crippen molar-refractivity contribution in [3.63, 3.8) is 0 Å². The molecule has 3 aliphatic rings. The molecule has 0 bridgehead atoms. The van der Waals surface area contributed by atoms with E-state index in [2.05, 4.69) is 18.2 Å². The highest BCUT2D eigenvalue weighted by Gasteiger charge is 2.41. The zero-order valence-electron chi connectivity index (χ0n) is 8.76. The van der Waals surface area contributed by atoms with Gasteiger partial charge in [0.15, 0.2) is 5.78 Å². The normalized spacial score (nSPS) is 43.6. The molecule has 15 heavy (non-hydrogen) atoms. The Kier molecular flexibility index (Phi) is 2.24. The van der Waals surface area contributed by atoms with Crippen LogP contribution in [0.25, 0.3) is 0 Å². The molecule has 2 unspecified atom stereocenters. The summed E-state index contributed by atoms with van der Waals surface area (Å²) in [6.07, 6.45) is 11.5. The van der Waals surface area contributed by atoms with E-state index in [9.17, 15) is 4.79 Å². The summed E-state index contributed by atoms with van der Waals surface area (Å²) in [6, 6.07) is 0. The van der Waals surface area contributed by atoms with Crippen molar-refractivity contribution in [2.45, 2.75) is 25.4 Å². The summed E-state index contributed by atoms with van der Waals surface area (Å²) in [6.45, 7) is 0.809. The molecular weight excluding hydrogens is 188 g/mol. The first kappa shape index (κ1) is 9.34. The number of carbonyl (C=O) groups excluding carboxylic acids is 1. The van der Waals surface area contributed by atoms with Crippen LogP contribution >= 0.6 is 0 Å². The molecule has 2 heteroatoms. The molecule has 2 nitrogen and oxygen atoms in total. The first-order valence-electron chi connectivity index (χ1n) is 5.82. The predicted octanol–water partition coefficient (Wildman–Crippen LogP) is 2.11. The number of fused-ring (bicyclic) bond motifs is 3. The average molecular weight is 204 g/mol. The number of rotatable bonds is 0. The van der Waals surface area contributed by atoms with E-state index in [-0.39, 0.29) is 0 Å². The van der Waals surface area contributed by atoms with Gasteiger partial charge in [0, 0.05) is 12.3 Å². The van der Waals surface area contributed by atoms with Gasteiger partial charge in [-0.3, -0.25) is 4.79 Å². The molecule has 0 aromatic rings.